The van der Waals surface area contributed by atoms with E-state index in [1.54, 1.807) is 0 Å². The molecule has 0 bridgehead atoms. The molecule has 0 aromatic heterocycles. The largest absolute Gasteiger partial charge is 0.508 e. The lowest BCUT2D eigenvalue weighted by Gasteiger charge is -2.04. The predicted molar refractivity (Wildman–Crippen MR) is 109 cm³/mol. The van der Waals surface area contributed by atoms with Crippen LogP contribution in [0.3, 0.4) is 0 Å². The van der Waals surface area contributed by atoms with Gasteiger partial charge in [-0.25, -0.2) is 0 Å². The van der Waals surface area contributed by atoms with Crippen molar-refractivity contribution in [1.82, 2.24) is 0 Å². The standard InChI is InChI=1S/C23H36O3/c1-2-3-4-5-6-7-8-9-10-11-12-13-14-15-21(24)16-20-17-22(25)19-23(26)18-20/h7-8,17-19,25-26H,2-6,9-16H2,1H3. The monoisotopic (exact) mass is 360 g/mol. The number of hydrogen-bond acceptors (Lipinski definition) is 3. The van der Waals surface area contributed by atoms with Gasteiger partial charge in [-0.15, -0.1) is 0 Å². The smallest absolute Gasteiger partial charge is 0.137 e. The summed E-state index contributed by atoms with van der Waals surface area (Å²) in [4.78, 5) is 12.0. The highest BCUT2D eigenvalue weighted by molar-refractivity contribution is 5.81. The molecule has 0 aliphatic rings. The summed E-state index contributed by atoms with van der Waals surface area (Å²) in [5.41, 5.74) is 0.675. The van der Waals surface area contributed by atoms with E-state index in [9.17, 15) is 15.0 Å². The first-order valence-electron chi connectivity index (χ1n) is 10.3. The molecule has 0 aliphatic heterocycles. The minimum Gasteiger partial charge on any atom is -0.508 e. The number of phenols is 2. The highest BCUT2D eigenvalue weighted by atomic mass is 16.3. The third kappa shape index (κ3) is 11.7. The van der Waals surface area contributed by atoms with E-state index in [4.69, 9.17) is 0 Å². The van der Waals surface area contributed by atoms with Gasteiger partial charge in [0, 0.05) is 18.9 Å². The Morgan fingerprint density at radius 2 is 1.35 bits per heavy atom. The van der Waals surface area contributed by atoms with E-state index < -0.39 is 0 Å². The lowest BCUT2D eigenvalue weighted by molar-refractivity contribution is -0.118. The van der Waals surface area contributed by atoms with Crippen molar-refractivity contribution >= 4 is 5.78 Å². The molecule has 3 heteroatoms. The molecule has 0 saturated carbocycles. The van der Waals surface area contributed by atoms with Crippen molar-refractivity contribution in [2.45, 2.75) is 90.4 Å². The molecule has 0 fully saturated rings. The molecule has 0 atom stereocenters. The summed E-state index contributed by atoms with van der Waals surface area (Å²) in [6.07, 6.45) is 18.9. The summed E-state index contributed by atoms with van der Waals surface area (Å²) in [7, 11) is 0. The zero-order chi connectivity index (χ0) is 19.0. The quantitative estimate of drug-likeness (QED) is 0.278. The van der Waals surface area contributed by atoms with E-state index >= 15 is 0 Å². The minimum atomic E-state index is 0.00260. The van der Waals surface area contributed by atoms with Crippen LogP contribution in [0.2, 0.25) is 0 Å². The van der Waals surface area contributed by atoms with E-state index in [1.165, 1.54) is 76.0 Å². The molecule has 2 N–H and O–H groups in total. The fourth-order valence-corrected chi connectivity index (χ4v) is 3.11. The summed E-state index contributed by atoms with van der Waals surface area (Å²) in [6.45, 7) is 2.24. The van der Waals surface area contributed by atoms with Crippen LogP contribution in [0, 0.1) is 0 Å². The number of benzene rings is 1. The number of unbranched alkanes of at least 4 members (excludes halogenated alkanes) is 9. The average molecular weight is 361 g/mol. The van der Waals surface area contributed by atoms with Crippen LogP contribution in [0.5, 0.6) is 11.5 Å². The van der Waals surface area contributed by atoms with E-state index in [0.29, 0.717) is 12.0 Å². The van der Waals surface area contributed by atoms with Gasteiger partial charge in [-0.1, -0.05) is 57.6 Å². The summed E-state index contributed by atoms with van der Waals surface area (Å²) >= 11 is 0. The second kappa shape index (κ2) is 14.4. The van der Waals surface area contributed by atoms with Crippen LogP contribution in [0.4, 0.5) is 0 Å². The SMILES string of the molecule is CCCCCCC=CCCCCCCCC(=O)Cc1cc(O)cc(O)c1. The van der Waals surface area contributed by atoms with Gasteiger partial charge in [0.1, 0.15) is 17.3 Å². The van der Waals surface area contributed by atoms with Crippen LogP contribution in [-0.4, -0.2) is 16.0 Å². The normalized spacial score (nSPS) is 11.3. The first-order valence-corrected chi connectivity index (χ1v) is 10.3. The van der Waals surface area contributed by atoms with Gasteiger partial charge >= 0.3 is 0 Å². The molecule has 0 amide bonds. The van der Waals surface area contributed by atoms with Crippen molar-refractivity contribution in [2.75, 3.05) is 0 Å². The fraction of sp³-hybridized carbons (Fsp3) is 0.609. The Hall–Kier alpha value is -1.77. The van der Waals surface area contributed by atoms with Gasteiger partial charge in [-0.3, -0.25) is 4.79 Å². The number of ketones is 1. The predicted octanol–water partition coefficient (Wildman–Crippen LogP) is 6.47. The van der Waals surface area contributed by atoms with Crippen LogP contribution in [0.1, 0.15) is 89.5 Å². The molecule has 0 unspecified atom stereocenters. The lowest BCUT2D eigenvalue weighted by Crippen LogP contribution is -2.02. The van der Waals surface area contributed by atoms with Crippen molar-refractivity contribution in [3.05, 3.63) is 35.9 Å². The van der Waals surface area contributed by atoms with E-state index in [2.05, 4.69) is 19.1 Å². The van der Waals surface area contributed by atoms with Gasteiger partial charge < -0.3 is 10.2 Å². The Morgan fingerprint density at radius 3 is 1.96 bits per heavy atom. The minimum absolute atomic E-state index is 0.00260. The van der Waals surface area contributed by atoms with Crippen LogP contribution < -0.4 is 0 Å². The van der Waals surface area contributed by atoms with Crippen LogP contribution in [-0.2, 0) is 11.2 Å². The number of carbonyl (C=O) groups excluding carboxylic acids is 1. The first-order chi connectivity index (χ1) is 12.6. The summed E-state index contributed by atoms with van der Waals surface area (Å²) in [5.74, 6) is 0.173. The van der Waals surface area contributed by atoms with Crippen molar-refractivity contribution in [1.29, 1.82) is 0 Å². The van der Waals surface area contributed by atoms with Gasteiger partial charge in [0.2, 0.25) is 0 Å². The fourth-order valence-electron chi connectivity index (χ4n) is 3.11. The molecule has 0 heterocycles. The lowest BCUT2D eigenvalue weighted by atomic mass is 10.0. The average Bonchev–Trinajstić information content (AvgIpc) is 2.58. The highest BCUT2D eigenvalue weighted by Gasteiger charge is 2.06. The Balaban J connectivity index is 1.97. The molecule has 0 radical (unpaired) electrons. The Labute approximate surface area is 159 Å². The summed E-state index contributed by atoms with van der Waals surface area (Å²) in [6, 6.07) is 4.35. The molecule has 26 heavy (non-hydrogen) atoms. The topological polar surface area (TPSA) is 57.5 Å². The van der Waals surface area contributed by atoms with Gasteiger partial charge in [0.05, 0.1) is 0 Å². The number of hydrogen-bond donors (Lipinski definition) is 2. The zero-order valence-corrected chi connectivity index (χ0v) is 16.4. The second-order valence-corrected chi connectivity index (χ2v) is 7.20. The third-order valence-corrected chi connectivity index (χ3v) is 4.58. The molecule has 1 aromatic rings. The maximum absolute atomic E-state index is 12.0. The van der Waals surface area contributed by atoms with Crippen molar-refractivity contribution in [3.63, 3.8) is 0 Å². The molecule has 0 spiro atoms. The maximum atomic E-state index is 12.0. The summed E-state index contributed by atoms with van der Waals surface area (Å²) < 4.78 is 0. The maximum Gasteiger partial charge on any atom is 0.137 e. The Bertz CT molecular complexity index is 514. The molecule has 146 valence electrons. The second-order valence-electron chi connectivity index (χ2n) is 7.20. The van der Waals surface area contributed by atoms with Crippen molar-refractivity contribution in [2.24, 2.45) is 0 Å². The number of Topliss-reactive ketones (excluding diaryl/α,β-unsaturated/α-hetero) is 1. The van der Waals surface area contributed by atoms with E-state index in [0.717, 1.165) is 12.8 Å². The van der Waals surface area contributed by atoms with Gasteiger partial charge in [0.15, 0.2) is 0 Å². The van der Waals surface area contributed by atoms with E-state index in [-0.39, 0.29) is 23.7 Å². The van der Waals surface area contributed by atoms with Crippen molar-refractivity contribution in [3.8, 4) is 11.5 Å². The highest BCUT2D eigenvalue weighted by Crippen LogP contribution is 2.21. The Kier molecular flexibility index (Phi) is 12.3. The molecule has 1 rings (SSSR count). The molecular weight excluding hydrogens is 324 g/mol. The number of rotatable bonds is 15. The first kappa shape index (κ1) is 22.3. The molecule has 0 aliphatic carbocycles. The summed E-state index contributed by atoms with van der Waals surface area (Å²) in [5, 5.41) is 18.9. The van der Waals surface area contributed by atoms with Gasteiger partial charge in [-0.2, -0.15) is 0 Å². The zero-order valence-electron chi connectivity index (χ0n) is 16.4. The molecule has 3 nitrogen and oxygen atoms in total. The molecular formula is C23H36O3. The van der Waals surface area contributed by atoms with Crippen molar-refractivity contribution < 1.29 is 15.0 Å². The number of aromatic hydroxyl groups is 2. The third-order valence-electron chi connectivity index (χ3n) is 4.58. The number of phenolic OH excluding ortho intramolecular Hbond substituents is 2. The van der Waals surface area contributed by atoms with Crippen LogP contribution in [0.25, 0.3) is 0 Å². The Morgan fingerprint density at radius 1 is 0.808 bits per heavy atom. The van der Waals surface area contributed by atoms with Gasteiger partial charge in [0.25, 0.3) is 0 Å². The number of allylic oxidation sites excluding steroid dienone is 2. The van der Waals surface area contributed by atoms with E-state index in [1.807, 2.05) is 0 Å². The van der Waals surface area contributed by atoms with Crippen LogP contribution >= 0.6 is 0 Å². The molecule has 0 saturated heterocycles. The van der Waals surface area contributed by atoms with Gasteiger partial charge in [-0.05, 0) is 49.8 Å². The van der Waals surface area contributed by atoms with Crippen LogP contribution in [0.15, 0.2) is 30.4 Å². The number of carbonyl (C=O) groups is 1. The molecule has 1 aromatic carbocycles.